The Hall–Kier alpha value is -1.56. The minimum absolute atomic E-state index is 0.0152. The van der Waals surface area contributed by atoms with Gasteiger partial charge in [-0.1, -0.05) is 0 Å². The van der Waals surface area contributed by atoms with Crippen molar-refractivity contribution in [1.29, 1.82) is 0 Å². The molecule has 0 bridgehead atoms. The summed E-state index contributed by atoms with van der Waals surface area (Å²) in [7, 11) is 1.92. The summed E-state index contributed by atoms with van der Waals surface area (Å²) in [6.07, 6.45) is 6.71. The Balaban J connectivity index is 1.44. The van der Waals surface area contributed by atoms with Crippen LogP contribution in [0.1, 0.15) is 49.9 Å². The molecule has 1 aromatic heterocycles. The maximum absolute atomic E-state index is 12.4. The quantitative estimate of drug-likeness (QED) is 0.906. The van der Waals surface area contributed by atoms with E-state index in [-0.39, 0.29) is 12.1 Å². The molecule has 2 amide bonds. The summed E-state index contributed by atoms with van der Waals surface area (Å²) in [5.41, 5.74) is 2.16. The van der Waals surface area contributed by atoms with E-state index >= 15 is 0 Å². The highest BCUT2D eigenvalue weighted by Gasteiger charge is 2.27. The van der Waals surface area contributed by atoms with Crippen molar-refractivity contribution in [3.63, 3.8) is 0 Å². The molecule has 2 fully saturated rings. The van der Waals surface area contributed by atoms with Gasteiger partial charge in [0.25, 0.3) is 0 Å². The van der Waals surface area contributed by atoms with Crippen molar-refractivity contribution in [3.8, 4) is 0 Å². The van der Waals surface area contributed by atoms with Gasteiger partial charge in [-0.3, -0.25) is 4.68 Å². The molecule has 3 rings (SSSR count). The van der Waals surface area contributed by atoms with E-state index in [2.05, 4.69) is 10.4 Å². The van der Waals surface area contributed by atoms with Crippen LogP contribution < -0.4 is 5.32 Å². The lowest BCUT2D eigenvalue weighted by Crippen LogP contribution is -2.46. The fourth-order valence-electron chi connectivity index (χ4n) is 3.08. The van der Waals surface area contributed by atoms with Gasteiger partial charge in [0.15, 0.2) is 0 Å². The van der Waals surface area contributed by atoms with Crippen LogP contribution in [-0.4, -0.2) is 46.5 Å². The molecular formula is C17H28N4O2. The number of aryl methyl sites for hydroxylation is 1. The number of ether oxygens (including phenoxy) is 1. The third-order valence-corrected chi connectivity index (χ3v) is 5.07. The second-order valence-corrected chi connectivity index (χ2v) is 6.94. The van der Waals surface area contributed by atoms with E-state index in [1.807, 2.05) is 36.7 Å². The van der Waals surface area contributed by atoms with Crippen LogP contribution in [0.25, 0.3) is 0 Å². The molecule has 1 aliphatic carbocycles. The molecule has 0 aromatic carbocycles. The van der Waals surface area contributed by atoms with Crippen molar-refractivity contribution in [2.45, 2.75) is 51.7 Å². The molecule has 1 N–H and O–H groups in total. The van der Waals surface area contributed by atoms with Gasteiger partial charge in [-0.2, -0.15) is 5.10 Å². The monoisotopic (exact) mass is 320 g/mol. The van der Waals surface area contributed by atoms with Crippen LogP contribution >= 0.6 is 0 Å². The Morgan fingerprint density at radius 2 is 2.09 bits per heavy atom. The van der Waals surface area contributed by atoms with Crippen molar-refractivity contribution >= 4 is 6.03 Å². The standard InChI is InChI=1S/C17H28N4O2/c1-12(16-10-18-20(3)13(16)2)19-17(22)21-8-6-15(7-9-21)23-11-14-4-5-14/h10,12,14-15H,4-9,11H2,1-3H3,(H,19,22)/t12-/m0/s1. The molecule has 1 atom stereocenters. The lowest BCUT2D eigenvalue weighted by Gasteiger charge is -2.32. The minimum Gasteiger partial charge on any atom is -0.378 e. The Labute approximate surface area is 138 Å². The van der Waals surface area contributed by atoms with Crippen LogP contribution in [0.15, 0.2) is 6.20 Å². The number of amides is 2. The van der Waals surface area contributed by atoms with E-state index in [0.717, 1.165) is 49.7 Å². The summed E-state index contributed by atoms with van der Waals surface area (Å²) < 4.78 is 7.77. The van der Waals surface area contributed by atoms with Gasteiger partial charge in [0.1, 0.15) is 0 Å². The number of hydrogen-bond acceptors (Lipinski definition) is 3. The zero-order valence-corrected chi connectivity index (χ0v) is 14.4. The number of rotatable bonds is 5. The predicted octanol–water partition coefficient (Wildman–Crippen LogP) is 2.39. The molecule has 6 heteroatoms. The van der Waals surface area contributed by atoms with Crippen LogP contribution in [0, 0.1) is 12.8 Å². The van der Waals surface area contributed by atoms with Crippen LogP contribution in [0.4, 0.5) is 4.79 Å². The molecule has 1 aliphatic heterocycles. The Morgan fingerprint density at radius 1 is 1.39 bits per heavy atom. The highest BCUT2D eigenvalue weighted by Crippen LogP contribution is 2.30. The van der Waals surface area contributed by atoms with Gasteiger partial charge in [0.05, 0.1) is 18.3 Å². The zero-order valence-electron chi connectivity index (χ0n) is 14.4. The van der Waals surface area contributed by atoms with E-state index in [9.17, 15) is 4.79 Å². The maximum Gasteiger partial charge on any atom is 0.317 e. The fourth-order valence-corrected chi connectivity index (χ4v) is 3.08. The second-order valence-electron chi connectivity index (χ2n) is 6.94. The van der Waals surface area contributed by atoms with E-state index < -0.39 is 0 Å². The molecule has 0 spiro atoms. The van der Waals surface area contributed by atoms with Crippen molar-refractivity contribution < 1.29 is 9.53 Å². The van der Waals surface area contributed by atoms with Gasteiger partial charge in [-0.25, -0.2) is 4.79 Å². The lowest BCUT2D eigenvalue weighted by molar-refractivity contribution is 0.00933. The average Bonchev–Trinajstić information content (AvgIpc) is 3.31. The average molecular weight is 320 g/mol. The second kappa shape index (κ2) is 6.91. The number of nitrogens with one attached hydrogen (secondary N) is 1. The summed E-state index contributed by atoms with van der Waals surface area (Å²) >= 11 is 0. The highest BCUT2D eigenvalue weighted by molar-refractivity contribution is 5.74. The molecule has 2 heterocycles. The first-order valence-electron chi connectivity index (χ1n) is 8.70. The number of nitrogens with zero attached hydrogens (tertiary/aromatic N) is 3. The normalized spacial score (nSPS) is 20.6. The van der Waals surface area contributed by atoms with Gasteiger partial charge in [-0.05, 0) is 45.4 Å². The number of hydrogen-bond donors (Lipinski definition) is 1. The third-order valence-electron chi connectivity index (χ3n) is 5.07. The Kier molecular flexibility index (Phi) is 4.90. The largest absolute Gasteiger partial charge is 0.378 e. The number of likely N-dealkylation sites (tertiary alicyclic amines) is 1. The number of carbonyl (C=O) groups excluding carboxylic acids is 1. The highest BCUT2D eigenvalue weighted by atomic mass is 16.5. The summed E-state index contributed by atoms with van der Waals surface area (Å²) in [6.45, 7) is 6.50. The van der Waals surface area contributed by atoms with Crippen LogP contribution in [0.3, 0.4) is 0 Å². The van der Waals surface area contributed by atoms with Gasteiger partial charge in [-0.15, -0.1) is 0 Å². The van der Waals surface area contributed by atoms with Crippen molar-refractivity contribution in [2.24, 2.45) is 13.0 Å². The Bertz CT molecular complexity index is 545. The van der Waals surface area contributed by atoms with Crippen LogP contribution in [0.5, 0.6) is 0 Å². The van der Waals surface area contributed by atoms with Gasteiger partial charge < -0.3 is 15.0 Å². The van der Waals surface area contributed by atoms with Crippen molar-refractivity contribution in [1.82, 2.24) is 20.0 Å². The number of urea groups is 1. The first-order chi connectivity index (χ1) is 11.0. The third kappa shape index (κ3) is 4.05. The number of aromatic nitrogens is 2. The fraction of sp³-hybridized carbons (Fsp3) is 0.765. The van der Waals surface area contributed by atoms with Gasteiger partial charge >= 0.3 is 6.03 Å². The zero-order chi connectivity index (χ0) is 16.4. The first kappa shape index (κ1) is 16.3. The van der Waals surface area contributed by atoms with E-state index in [1.54, 1.807) is 0 Å². The van der Waals surface area contributed by atoms with Gasteiger partial charge in [0, 0.05) is 38.0 Å². The summed E-state index contributed by atoms with van der Waals surface area (Å²) in [5, 5.41) is 7.33. The molecule has 0 unspecified atom stereocenters. The number of piperidine rings is 1. The van der Waals surface area contributed by atoms with E-state index in [0.29, 0.717) is 6.10 Å². The molecule has 1 aromatic rings. The molecule has 1 saturated heterocycles. The van der Waals surface area contributed by atoms with Crippen LogP contribution in [-0.2, 0) is 11.8 Å². The predicted molar refractivity (Wildman–Crippen MR) is 88.2 cm³/mol. The molecular weight excluding hydrogens is 292 g/mol. The molecule has 23 heavy (non-hydrogen) atoms. The SMILES string of the molecule is Cc1c([C@H](C)NC(=O)N2CCC(OCC3CC3)CC2)cnn1C. The van der Waals surface area contributed by atoms with Crippen molar-refractivity contribution in [2.75, 3.05) is 19.7 Å². The smallest absolute Gasteiger partial charge is 0.317 e. The van der Waals surface area contributed by atoms with Crippen LogP contribution in [0.2, 0.25) is 0 Å². The lowest BCUT2D eigenvalue weighted by atomic mass is 10.1. The summed E-state index contributed by atoms with van der Waals surface area (Å²) in [4.78, 5) is 14.3. The summed E-state index contributed by atoms with van der Waals surface area (Å²) in [5.74, 6) is 0.805. The number of carbonyl (C=O) groups is 1. The molecule has 128 valence electrons. The minimum atomic E-state index is -0.0277. The van der Waals surface area contributed by atoms with Gasteiger partial charge in [0.2, 0.25) is 0 Å². The molecule has 6 nitrogen and oxygen atoms in total. The molecule has 2 aliphatic rings. The summed E-state index contributed by atoms with van der Waals surface area (Å²) in [6, 6.07) is -0.0126. The van der Waals surface area contributed by atoms with E-state index in [1.165, 1.54) is 12.8 Å². The first-order valence-corrected chi connectivity index (χ1v) is 8.70. The molecule has 0 radical (unpaired) electrons. The topological polar surface area (TPSA) is 59.4 Å². The van der Waals surface area contributed by atoms with Crippen molar-refractivity contribution in [3.05, 3.63) is 17.5 Å². The molecule has 1 saturated carbocycles. The maximum atomic E-state index is 12.4. The Morgan fingerprint density at radius 3 is 2.65 bits per heavy atom. The van der Waals surface area contributed by atoms with E-state index in [4.69, 9.17) is 4.74 Å².